The highest BCUT2D eigenvalue weighted by molar-refractivity contribution is 7.47. The van der Waals surface area contributed by atoms with Gasteiger partial charge in [0, 0.05) is 13.0 Å². The van der Waals surface area contributed by atoms with Crippen LogP contribution in [0.4, 0.5) is 0 Å². The van der Waals surface area contributed by atoms with Crippen LogP contribution in [-0.4, -0.2) is 60.5 Å². The van der Waals surface area contributed by atoms with Crippen LogP contribution in [0.15, 0.2) is 36.5 Å². The van der Waals surface area contributed by atoms with E-state index in [2.05, 4.69) is 50.3 Å². The summed E-state index contributed by atoms with van der Waals surface area (Å²) < 4.78 is 33.6. The van der Waals surface area contributed by atoms with E-state index in [0.717, 1.165) is 44.9 Å². The molecule has 0 aliphatic rings. The Hall–Kier alpha value is -1.81. The molecule has 67 heavy (non-hydrogen) atoms. The predicted molar refractivity (Wildman–Crippen MR) is 281 cm³/mol. The summed E-state index contributed by atoms with van der Waals surface area (Å²) in [6.45, 7) is 3.92. The van der Waals surface area contributed by atoms with Gasteiger partial charge in [-0.25, -0.2) is 4.57 Å². The fraction of sp³-hybridized carbons (Fsp3) is 0.857. The van der Waals surface area contributed by atoms with E-state index in [0.29, 0.717) is 13.0 Å². The van der Waals surface area contributed by atoms with Gasteiger partial charge in [0.05, 0.1) is 19.8 Å². The number of unbranched alkanes of at least 4 members (excludes halogenated alkanes) is 34. The van der Waals surface area contributed by atoms with Crippen LogP contribution in [0.5, 0.6) is 0 Å². The smallest absolute Gasteiger partial charge is 0.472 e. The Morgan fingerprint density at radius 3 is 1.22 bits per heavy atom. The number of nitrogens with two attached hydrogens (primary N) is 1. The maximum Gasteiger partial charge on any atom is 0.472 e. The Morgan fingerprint density at radius 1 is 0.478 bits per heavy atom. The molecule has 0 spiro atoms. The van der Waals surface area contributed by atoms with Crippen molar-refractivity contribution in [3.8, 4) is 0 Å². The third-order valence-corrected chi connectivity index (χ3v) is 13.3. The number of hydrogen-bond acceptors (Lipinski definition) is 8. The fourth-order valence-corrected chi connectivity index (χ4v) is 8.82. The van der Waals surface area contributed by atoms with Gasteiger partial charge in [0.2, 0.25) is 0 Å². The second-order valence-corrected chi connectivity index (χ2v) is 20.5. The SMILES string of the molecule is CCCCCCC/C=C\C/C=C\CCCCCCCCCCCCCCOCC(COP(=O)(O)OCC(N)C(=O)O)OC(=O)CCCCCCCCCCC/C=C\CCCCCCCCCC. The minimum Gasteiger partial charge on any atom is -0.480 e. The van der Waals surface area contributed by atoms with Gasteiger partial charge in [-0.15, -0.1) is 0 Å². The van der Waals surface area contributed by atoms with Crippen LogP contribution in [0, 0.1) is 0 Å². The molecule has 0 heterocycles. The van der Waals surface area contributed by atoms with Crippen molar-refractivity contribution < 1.29 is 42.7 Å². The van der Waals surface area contributed by atoms with Crippen LogP contribution < -0.4 is 5.73 Å². The molecule has 0 aliphatic heterocycles. The van der Waals surface area contributed by atoms with E-state index in [-0.39, 0.29) is 13.0 Å². The summed E-state index contributed by atoms with van der Waals surface area (Å²) in [7, 11) is -4.62. The molecular weight excluding hydrogens is 862 g/mol. The summed E-state index contributed by atoms with van der Waals surface area (Å²) in [5.74, 6) is -1.77. The van der Waals surface area contributed by atoms with Crippen LogP contribution >= 0.6 is 7.82 Å². The summed E-state index contributed by atoms with van der Waals surface area (Å²) in [6.07, 6.45) is 62.1. The maximum atomic E-state index is 12.7. The molecule has 0 aliphatic carbocycles. The molecule has 3 atom stereocenters. The normalized spacial score (nSPS) is 13.9. The Kier molecular flexibility index (Phi) is 50.6. The third-order valence-electron chi connectivity index (χ3n) is 12.4. The highest BCUT2D eigenvalue weighted by atomic mass is 31.2. The fourth-order valence-electron chi connectivity index (χ4n) is 8.04. The monoisotopic (exact) mass is 968 g/mol. The second kappa shape index (κ2) is 52.0. The van der Waals surface area contributed by atoms with E-state index in [1.807, 2.05) is 0 Å². The van der Waals surface area contributed by atoms with E-state index < -0.39 is 45.1 Å². The van der Waals surface area contributed by atoms with Gasteiger partial charge in [-0.1, -0.05) is 230 Å². The number of phosphoric ester groups is 1. The van der Waals surface area contributed by atoms with Crippen LogP contribution in [0.1, 0.15) is 271 Å². The number of rotatable bonds is 54. The lowest BCUT2D eigenvalue weighted by molar-refractivity contribution is -0.154. The second-order valence-electron chi connectivity index (χ2n) is 19.1. The molecule has 0 aromatic heterocycles. The molecule has 0 radical (unpaired) electrons. The molecule has 11 heteroatoms. The van der Waals surface area contributed by atoms with Crippen LogP contribution in [0.3, 0.4) is 0 Å². The first-order valence-electron chi connectivity index (χ1n) is 28.0. The summed E-state index contributed by atoms with van der Waals surface area (Å²) in [6, 6.07) is -1.47. The van der Waals surface area contributed by atoms with Gasteiger partial charge in [0.15, 0.2) is 0 Å². The molecule has 3 unspecified atom stereocenters. The standard InChI is InChI=1S/C56H106NO9P/c1-3-5-7-9-11-13-15-17-19-21-23-25-26-27-29-31-33-35-37-39-41-43-45-47-49-63-50-53(51-64-67(61,62)65-52-54(57)56(59)60)66-55(58)48-46-44-42-40-38-36-34-32-30-28-24-22-20-18-16-14-12-10-8-6-4-2/h15,17,21-24,53-54H,3-14,16,18-20,25-52,57H2,1-2H3,(H,59,60)(H,61,62)/b17-15-,23-21-,24-22-. The van der Waals surface area contributed by atoms with Crippen molar-refractivity contribution in [2.75, 3.05) is 26.4 Å². The number of carboxylic acids is 1. The zero-order valence-corrected chi connectivity index (χ0v) is 44.4. The molecule has 10 nitrogen and oxygen atoms in total. The number of carbonyl (C=O) groups excluding carboxylic acids is 1. The molecular formula is C56H106NO9P. The summed E-state index contributed by atoms with van der Waals surface area (Å²) in [5.41, 5.74) is 5.39. The highest BCUT2D eigenvalue weighted by Gasteiger charge is 2.27. The number of phosphoric acid groups is 1. The summed E-state index contributed by atoms with van der Waals surface area (Å²) in [4.78, 5) is 33.8. The maximum absolute atomic E-state index is 12.7. The van der Waals surface area contributed by atoms with Crippen molar-refractivity contribution in [1.29, 1.82) is 0 Å². The number of ether oxygens (including phenoxy) is 2. The first-order valence-corrected chi connectivity index (χ1v) is 29.5. The molecule has 4 N–H and O–H groups in total. The first-order chi connectivity index (χ1) is 32.7. The molecule has 0 bridgehead atoms. The average molecular weight is 968 g/mol. The van der Waals surface area contributed by atoms with Crippen molar-refractivity contribution in [2.45, 2.75) is 283 Å². The first kappa shape index (κ1) is 65.2. The molecule has 0 saturated heterocycles. The van der Waals surface area contributed by atoms with Crippen molar-refractivity contribution in [3.63, 3.8) is 0 Å². The van der Waals surface area contributed by atoms with Crippen molar-refractivity contribution in [2.24, 2.45) is 5.73 Å². The highest BCUT2D eigenvalue weighted by Crippen LogP contribution is 2.43. The van der Waals surface area contributed by atoms with Crippen LogP contribution in [0.2, 0.25) is 0 Å². The Morgan fingerprint density at radius 2 is 0.821 bits per heavy atom. The molecule has 0 rings (SSSR count). The summed E-state index contributed by atoms with van der Waals surface area (Å²) in [5, 5.41) is 8.95. The van der Waals surface area contributed by atoms with Gasteiger partial charge < -0.3 is 25.2 Å². The number of carboxylic acid groups (broad SMARTS) is 1. The molecule has 0 aromatic rings. The third kappa shape index (κ3) is 51.9. The molecule has 0 amide bonds. The van der Waals surface area contributed by atoms with Gasteiger partial charge in [-0.3, -0.25) is 18.6 Å². The quantitative estimate of drug-likeness (QED) is 0.0232. The largest absolute Gasteiger partial charge is 0.480 e. The summed E-state index contributed by atoms with van der Waals surface area (Å²) >= 11 is 0. The number of carbonyl (C=O) groups is 2. The molecule has 0 fully saturated rings. The molecule has 394 valence electrons. The van der Waals surface area contributed by atoms with Gasteiger partial charge in [-0.2, -0.15) is 0 Å². The van der Waals surface area contributed by atoms with Crippen molar-refractivity contribution in [1.82, 2.24) is 0 Å². The van der Waals surface area contributed by atoms with Gasteiger partial charge in [0.25, 0.3) is 0 Å². The van der Waals surface area contributed by atoms with Gasteiger partial charge in [-0.05, 0) is 70.6 Å². The molecule has 0 saturated carbocycles. The Balaban J connectivity index is 4.07. The number of esters is 1. The number of allylic oxidation sites excluding steroid dienone is 6. The van der Waals surface area contributed by atoms with Crippen molar-refractivity contribution >= 4 is 19.8 Å². The van der Waals surface area contributed by atoms with Crippen molar-refractivity contribution in [3.05, 3.63) is 36.5 Å². The molecule has 0 aromatic carbocycles. The average Bonchev–Trinajstić information content (AvgIpc) is 3.31. The lowest BCUT2D eigenvalue weighted by atomic mass is 10.0. The zero-order valence-electron chi connectivity index (χ0n) is 43.5. The van der Waals surface area contributed by atoms with Gasteiger partial charge in [0.1, 0.15) is 12.1 Å². The van der Waals surface area contributed by atoms with E-state index in [9.17, 15) is 19.0 Å². The number of aliphatic carboxylic acids is 1. The van der Waals surface area contributed by atoms with E-state index >= 15 is 0 Å². The minimum absolute atomic E-state index is 0.0175. The Bertz CT molecular complexity index is 1210. The minimum atomic E-state index is -4.62. The van der Waals surface area contributed by atoms with Crippen LogP contribution in [-0.2, 0) is 32.7 Å². The van der Waals surface area contributed by atoms with E-state index in [1.165, 1.54) is 199 Å². The van der Waals surface area contributed by atoms with E-state index in [1.54, 1.807) is 0 Å². The van der Waals surface area contributed by atoms with Crippen LogP contribution in [0.25, 0.3) is 0 Å². The number of hydrogen-bond donors (Lipinski definition) is 3. The zero-order chi connectivity index (χ0) is 49.0. The topological polar surface area (TPSA) is 155 Å². The van der Waals surface area contributed by atoms with Gasteiger partial charge >= 0.3 is 19.8 Å². The lowest BCUT2D eigenvalue weighted by Gasteiger charge is -2.20. The Labute approximate surface area is 412 Å². The van der Waals surface area contributed by atoms with E-state index in [4.69, 9.17) is 29.4 Å². The predicted octanol–water partition coefficient (Wildman–Crippen LogP) is 16.8. The lowest BCUT2D eigenvalue weighted by Crippen LogP contribution is -2.34.